The summed E-state index contributed by atoms with van der Waals surface area (Å²) in [5, 5.41) is 16.1. The van der Waals surface area contributed by atoms with Gasteiger partial charge in [-0.1, -0.05) is 13.3 Å². The van der Waals surface area contributed by atoms with Crippen LogP contribution in [0.1, 0.15) is 19.8 Å². The summed E-state index contributed by atoms with van der Waals surface area (Å²) < 4.78 is 0. The van der Waals surface area contributed by atoms with Gasteiger partial charge in [-0.25, -0.2) is 0 Å². The van der Waals surface area contributed by atoms with Gasteiger partial charge in [0.15, 0.2) is 5.38 Å². The van der Waals surface area contributed by atoms with E-state index in [-0.39, 0.29) is 0 Å². The van der Waals surface area contributed by atoms with E-state index in [0.29, 0.717) is 6.42 Å². The number of hydrogen-bond donors (Lipinski definition) is 2. The smallest absolute Gasteiger partial charge is 0.324 e. The lowest BCUT2D eigenvalue weighted by Crippen LogP contribution is -2.28. The summed E-state index contributed by atoms with van der Waals surface area (Å²) in [5.74, 6) is -1.16. The molecule has 3 nitrogen and oxygen atoms in total. The highest BCUT2D eigenvalue weighted by Gasteiger charge is 2.22. The highest BCUT2D eigenvalue weighted by Crippen LogP contribution is 2.08. The van der Waals surface area contributed by atoms with Crippen molar-refractivity contribution in [3.63, 3.8) is 0 Å². The van der Waals surface area contributed by atoms with Gasteiger partial charge in [-0.15, -0.1) is 11.6 Å². The summed E-state index contributed by atoms with van der Waals surface area (Å²) in [5.41, 5.74) is 0. The maximum absolute atomic E-state index is 10.1. The molecule has 2 N–H and O–H groups in total. The van der Waals surface area contributed by atoms with Crippen LogP contribution >= 0.6 is 11.6 Å². The zero-order chi connectivity index (χ0) is 8.15. The van der Waals surface area contributed by atoms with Gasteiger partial charge in [0.1, 0.15) is 0 Å². The molecule has 0 rings (SSSR count). The first-order chi connectivity index (χ1) is 4.59. The molecule has 10 heavy (non-hydrogen) atoms. The van der Waals surface area contributed by atoms with Crippen molar-refractivity contribution in [3.05, 3.63) is 0 Å². The molecule has 0 amide bonds. The van der Waals surface area contributed by atoms with Crippen molar-refractivity contribution in [2.24, 2.45) is 0 Å². The number of aliphatic hydroxyl groups is 1. The molecule has 0 aliphatic rings. The molecule has 0 bridgehead atoms. The van der Waals surface area contributed by atoms with Gasteiger partial charge in [0.25, 0.3) is 0 Å². The number of carboxylic acid groups (broad SMARTS) is 1. The molecule has 4 heteroatoms. The molecule has 0 aromatic heterocycles. The summed E-state index contributed by atoms with van der Waals surface area (Å²) in [6.07, 6.45) is 0.238. The van der Waals surface area contributed by atoms with Gasteiger partial charge in [-0.2, -0.15) is 0 Å². The molecule has 0 aliphatic carbocycles. The Balaban J connectivity index is 3.69. The predicted molar refractivity (Wildman–Crippen MR) is 38.2 cm³/mol. The first-order valence-corrected chi connectivity index (χ1v) is 3.58. The minimum atomic E-state index is -1.17. The second-order valence-electron chi connectivity index (χ2n) is 2.10. The van der Waals surface area contributed by atoms with Gasteiger partial charge in [0, 0.05) is 0 Å². The fourth-order valence-electron chi connectivity index (χ4n) is 0.607. The van der Waals surface area contributed by atoms with Crippen LogP contribution in [-0.4, -0.2) is 27.7 Å². The Bertz CT molecular complexity index is 116. The van der Waals surface area contributed by atoms with Crippen LogP contribution in [0.3, 0.4) is 0 Å². The van der Waals surface area contributed by atoms with Crippen molar-refractivity contribution in [3.8, 4) is 0 Å². The average Bonchev–Trinajstić information content (AvgIpc) is 1.87. The first kappa shape index (κ1) is 9.72. The third-order valence-electron chi connectivity index (χ3n) is 1.16. The molecule has 0 aromatic rings. The van der Waals surface area contributed by atoms with Crippen molar-refractivity contribution in [1.82, 2.24) is 0 Å². The summed E-state index contributed by atoms with van der Waals surface area (Å²) in [6, 6.07) is 0. The summed E-state index contributed by atoms with van der Waals surface area (Å²) in [4.78, 5) is 10.1. The van der Waals surface area contributed by atoms with E-state index in [4.69, 9.17) is 21.8 Å². The third kappa shape index (κ3) is 3.03. The lowest BCUT2D eigenvalue weighted by Gasteiger charge is -2.10. The highest BCUT2D eigenvalue weighted by molar-refractivity contribution is 6.30. The Labute approximate surface area is 64.6 Å². The molecule has 0 aromatic carbocycles. The number of alkyl halides is 1. The zero-order valence-corrected chi connectivity index (χ0v) is 6.51. The van der Waals surface area contributed by atoms with E-state index < -0.39 is 17.5 Å². The molecule has 0 saturated carbocycles. The second kappa shape index (κ2) is 4.52. The van der Waals surface area contributed by atoms with Crippen LogP contribution in [0.15, 0.2) is 0 Å². The zero-order valence-electron chi connectivity index (χ0n) is 5.75. The Kier molecular flexibility index (Phi) is 4.40. The van der Waals surface area contributed by atoms with Gasteiger partial charge >= 0.3 is 5.97 Å². The second-order valence-corrected chi connectivity index (χ2v) is 2.57. The van der Waals surface area contributed by atoms with E-state index in [1.165, 1.54) is 0 Å². The predicted octanol–water partition coefficient (Wildman–Crippen LogP) is 0.839. The monoisotopic (exact) mass is 166 g/mol. The maximum atomic E-state index is 10.1. The lowest BCUT2D eigenvalue weighted by molar-refractivity contribution is -0.138. The molecule has 0 aliphatic heterocycles. The molecule has 0 saturated heterocycles. The highest BCUT2D eigenvalue weighted by atomic mass is 35.5. The molecule has 0 heterocycles. The van der Waals surface area contributed by atoms with Gasteiger partial charge < -0.3 is 10.2 Å². The van der Waals surface area contributed by atoms with Crippen LogP contribution in [0, 0.1) is 0 Å². The van der Waals surface area contributed by atoms with Crippen LogP contribution in [0.4, 0.5) is 0 Å². The Morgan fingerprint density at radius 3 is 2.50 bits per heavy atom. The molecule has 0 spiro atoms. The SMILES string of the molecule is CCC[C@H](O)[C@@H](Cl)C(=O)O. The van der Waals surface area contributed by atoms with E-state index in [1.807, 2.05) is 6.92 Å². The molecule has 2 atom stereocenters. The fraction of sp³-hybridized carbons (Fsp3) is 0.833. The van der Waals surface area contributed by atoms with Crippen LogP contribution in [-0.2, 0) is 4.79 Å². The summed E-state index contributed by atoms with van der Waals surface area (Å²) >= 11 is 5.30. The van der Waals surface area contributed by atoms with Gasteiger partial charge in [0.2, 0.25) is 0 Å². The number of hydrogen-bond acceptors (Lipinski definition) is 2. The third-order valence-corrected chi connectivity index (χ3v) is 1.64. The van der Waals surface area contributed by atoms with Gasteiger partial charge in [-0.3, -0.25) is 4.79 Å². The van der Waals surface area contributed by atoms with Crippen LogP contribution < -0.4 is 0 Å². The van der Waals surface area contributed by atoms with Crippen LogP contribution in [0.25, 0.3) is 0 Å². The molecule has 60 valence electrons. The minimum Gasteiger partial charge on any atom is -0.480 e. The van der Waals surface area contributed by atoms with Crippen LogP contribution in [0.2, 0.25) is 0 Å². The number of aliphatic carboxylic acids is 1. The number of rotatable bonds is 4. The fourth-order valence-corrected chi connectivity index (χ4v) is 0.733. The summed E-state index contributed by atoms with van der Waals surface area (Å²) in [7, 11) is 0. The standard InChI is InChI=1S/C6H11ClO3/c1-2-3-4(8)5(7)6(9)10/h4-5,8H,2-3H2,1H3,(H,9,10)/t4-,5+/m0/s1. The van der Waals surface area contributed by atoms with Crippen molar-refractivity contribution >= 4 is 17.6 Å². The van der Waals surface area contributed by atoms with Crippen molar-refractivity contribution in [2.45, 2.75) is 31.2 Å². The first-order valence-electron chi connectivity index (χ1n) is 3.14. The van der Waals surface area contributed by atoms with Gasteiger partial charge in [0.05, 0.1) is 6.10 Å². The number of halogens is 1. The molecule has 0 radical (unpaired) electrons. The van der Waals surface area contributed by atoms with Crippen LogP contribution in [0.5, 0.6) is 0 Å². The van der Waals surface area contributed by atoms with Crippen molar-refractivity contribution < 1.29 is 15.0 Å². The van der Waals surface area contributed by atoms with E-state index >= 15 is 0 Å². The topological polar surface area (TPSA) is 57.5 Å². The number of aliphatic hydroxyl groups excluding tert-OH is 1. The molecule has 0 fully saturated rings. The largest absolute Gasteiger partial charge is 0.480 e. The van der Waals surface area contributed by atoms with E-state index in [2.05, 4.69) is 0 Å². The quantitative estimate of drug-likeness (QED) is 0.609. The molecular weight excluding hydrogens is 156 g/mol. The Morgan fingerprint density at radius 1 is 1.70 bits per heavy atom. The Hall–Kier alpha value is -0.280. The van der Waals surface area contributed by atoms with E-state index in [1.54, 1.807) is 0 Å². The molecular formula is C6H11ClO3. The average molecular weight is 167 g/mol. The van der Waals surface area contributed by atoms with Crippen molar-refractivity contribution in [2.75, 3.05) is 0 Å². The number of carboxylic acids is 1. The number of carbonyl (C=O) groups is 1. The minimum absolute atomic E-state index is 0.431. The van der Waals surface area contributed by atoms with E-state index in [9.17, 15) is 4.79 Å². The molecule has 0 unspecified atom stereocenters. The lowest BCUT2D eigenvalue weighted by atomic mass is 10.1. The summed E-state index contributed by atoms with van der Waals surface area (Å²) in [6.45, 7) is 1.86. The Morgan fingerprint density at radius 2 is 2.20 bits per heavy atom. The normalized spacial score (nSPS) is 16.3. The van der Waals surface area contributed by atoms with Crippen molar-refractivity contribution in [1.29, 1.82) is 0 Å². The van der Waals surface area contributed by atoms with E-state index in [0.717, 1.165) is 6.42 Å². The van der Waals surface area contributed by atoms with Gasteiger partial charge in [-0.05, 0) is 6.42 Å². The maximum Gasteiger partial charge on any atom is 0.324 e.